The summed E-state index contributed by atoms with van der Waals surface area (Å²) in [6, 6.07) is 6.06. The standard InChI is InChI=1S/C18H23NO3/c20-17(14-9-3-4-10-15(14)18(21)22)19-16-11-5-7-12-6-1-2-8-13(12)16/h5,7,11,14-15H,1-4,6,8-10H2,(H,19,20)(H,21,22). The van der Waals surface area contributed by atoms with Gasteiger partial charge in [0.1, 0.15) is 0 Å². The molecule has 1 aromatic rings. The second-order valence-corrected chi connectivity index (χ2v) is 6.48. The van der Waals surface area contributed by atoms with Gasteiger partial charge in [-0.1, -0.05) is 25.0 Å². The number of hydrogen-bond donors (Lipinski definition) is 2. The third kappa shape index (κ3) is 3.01. The van der Waals surface area contributed by atoms with Crippen LogP contribution in [-0.4, -0.2) is 17.0 Å². The van der Waals surface area contributed by atoms with Gasteiger partial charge in [-0.2, -0.15) is 0 Å². The van der Waals surface area contributed by atoms with Crippen LogP contribution < -0.4 is 5.32 Å². The van der Waals surface area contributed by atoms with Gasteiger partial charge in [0.2, 0.25) is 5.91 Å². The molecular weight excluding hydrogens is 278 g/mol. The summed E-state index contributed by atoms with van der Waals surface area (Å²) in [5.41, 5.74) is 3.45. The van der Waals surface area contributed by atoms with Crippen LogP contribution in [0.3, 0.4) is 0 Å². The first-order chi connectivity index (χ1) is 10.7. The molecule has 1 saturated carbocycles. The lowest BCUT2D eigenvalue weighted by molar-refractivity contribution is -0.147. The van der Waals surface area contributed by atoms with E-state index in [-0.39, 0.29) is 5.91 Å². The van der Waals surface area contributed by atoms with Gasteiger partial charge in [-0.15, -0.1) is 0 Å². The summed E-state index contributed by atoms with van der Waals surface area (Å²) in [5.74, 6) is -1.89. The van der Waals surface area contributed by atoms with Crippen LogP contribution >= 0.6 is 0 Å². The SMILES string of the molecule is O=C(O)C1CCCCC1C(=O)Nc1cccc2c1CCCC2. The Morgan fingerprint density at radius 1 is 1.00 bits per heavy atom. The molecule has 4 heteroatoms. The molecule has 0 aliphatic heterocycles. The molecule has 3 rings (SSSR count). The van der Waals surface area contributed by atoms with Gasteiger partial charge in [-0.25, -0.2) is 0 Å². The van der Waals surface area contributed by atoms with Crippen LogP contribution in [0.4, 0.5) is 5.69 Å². The molecule has 2 unspecified atom stereocenters. The van der Waals surface area contributed by atoms with Crippen LogP contribution in [0, 0.1) is 11.8 Å². The summed E-state index contributed by atoms with van der Waals surface area (Å²) >= 11 is 0. The molecule has 0 aromatic heterocycles. The van der Waals surface area contributed by atoms with Crippen LogP contribution in [0.2, 0.25) is 0 Å². The molecule has 2 aliphatic rings. The molecule has 118 valence electrons. The Morgan fingerprint density at radius 3 is 2.50 bits per heavy atom. The van der Waals surface area contributed by atoms with E-state index >= 15 is 0 Å². The molecule has 2 N–H and O–H groups in total. The lowest BCUT2D eigenvalue weighted by Crippen LogP contribution is -2.36. The maximum Gasteiger partial charge on any atom is 0.307 e. The number of aliphatic carboxylic acids is 1. The smallest absolute Gasteiger partial charge is 0.307 e. The van der Waals surface area contributed by atoms with Gasteiger partial charge < -0.3 is 10.4 Å². The van der Waals surface area contributed by atoms with Crippen LogP contribution in [0.1, 0.15) is 49.7 Å². The maximum atomic E-state index is 12.6. The third-order valence-corrected chi connectivity index (χ3v) is 5.07. The fourth-order valence-corrected chi connectivity index (χ4v) is 3.86. The van der Waals surface area contributed by atoms with E-state index in [2.05, 4.69) is 11.4 Å². The van der Waals surface area contributed by atoms with Gasteiger partial charge in [-0.05, 0) is 55.7 Å². The van der Waals surface area contributed by atoms with E-state index in [0.29, 0.717) is 12.8 Å². The molecule has 2 atom stereocenters. The molecule has 1 aromatic carbocycles. The minimum absolute atomic E-state index is 0.119. The number of fused-ring (bicyclic) bond motifs is 1. The molecular formula is C18H23NO3. The Kier molecular flexibility index (Phi) is 4.46. The second-order valence-electron chi connectivity index (χ2n) is 6.48. The monoisotopic (exact) mass is 301 g/mol. The molecule has 22 heavy (non-hydrogen) atoms. The number of carboxylic acids is 1. The number of carbonyl (C=O) groups excluding carboxylic acids is 1. The summed E-state index contributed by atoms with van der Waals surface area (Å²) in [6.07, 6.45) is 7.56. The van der Waals surface area contributed by atoms with Crippen molar-refractivity contribution in [3.8, 4) is 0 Å². The fourth-order valence-electron chi connectivity index (χ4n) is 3.86. The fraction of sp³-hybridized carbons (Fsp3) is 0.556. The molecule has 2 aliphatic carbocycles. The minimum Gasteiger partial charge on any atom is -0.481 e. The zero-order valence-electron chi connectivity index (χ0n) is 12.8. The quantitative estimate of drug-likeness (QED) is 0.899. The number of hydrogen-bond acceptors (Lipinski definition) is 2. The summed E-state index contributed by atoms with van der Waals surface area (Å²) in [7, 11) is 0. The summed E-state index contributed by atoms with van der Waals surface area (Å²) < 4.78 is 0. The van der Waals surface area contributed by atoms with Crippen molar-refractivity contribution in [3.63, 3.8) is 0 Å². The minimum atomic E-state index is -0.838. The van der Waals surface area contributed by atoms with Gasteiger partial charge in [0.25, 0.3) is 0 Å². The molecule has 1 amide bonds. The Hall–Kier alpha value is -1.84. The van der Waals surface area contributed by atoms with Gasteiger partial charge in [-0.3, -0.25) is 9.59 Å². The van der Waals surface area contributed by atoms with Gasteiger partial charge in [0.15, 0.2) is 0 Å². The number of nitrogens with one attached hydrogen (secondary N) is 1. The van der Waals surface area contributed by atoms with Crippen molar-refractivity contribution >= 4 is 17.6 Å². The van der Waals surface area contributed by atoms with Crippen LogP contribution in [0.25, 0.3) is 0 Å². The number of benzene rings is 1. The highest BCUT2D eigenvalue weighted by atomic mass is 16.4. The predicted molar refractivity (Wildman–Crippen MR) is 84.8 cm³/mol. The van der Waals surface area contributed by atoms with Crippen LogP contribution in [0.15, 0.2) is 18.2 Å². The van der Waals surface area contributed by atoms with Gasteiger partial charge in [0, 0.05) is 5.69 Å². The number of anilines is 1. The Balaban J connectivity index is 1.78. The molecule has 0 radical (unpaired) electrons. The first kappa shape index (κ1) is 15.1. The molecule has 0 saturated heterocycles. The summed E-state index contributed by atoms with van der Waals surface area (Å²) in [4.78, 5) is 24.0. The van der Waals surface area contributed by atoms with Crippen LogP contribution in [0.5, 0.6) is 0 Å². The van der Waals surface area contributed by atoms with E-state index in [1.54, 1.807) is 0 Å². The highest BCUT2D eigenvalue weighted by Crippen LogP contribution is 2.33. The lowest BCUT2D eigenvalue weighted by Gasteiger charge is -2.28. The number of carbonyl (C=O) groups is 2. The number of amides is 1. The number of rotatable bonds is 3. The highest BCUT2D eigenvalue weighted by Gasteiger charge is 2.35. The van der Waals surface area contributed by atoms with Gasteiger partial charge in [0.05, 0.1) is 11.8 Å². The van der Waals surface area contributed by atoms with Crippen molar-refractivity contribution in [1.29, 1.82) is 0 Å². The van der Waals surface area contributed by atoms with Gasteiger partial charge >= 0.3 is 5.97 Å². The van der Waals surface area contributed by atoms with Crippen molar-refractivity contribution in [2.45, 2.75) is 51.4 Å². The highest BCUT2D eigenvalue weighted by molar-refractivity contribution is 5.96. The topological polar surface area (TPSA) is 66.4 Å². The molecule has 0 heterocycles. The van der Waals surface area contributed by atoms with E-state index in [9.17, 15) is 14.7 Å². The predicted octanol–water partition coefficient (Wildman–Crippen LogP) is 3.39. The Bertz CT molecular complexity index is 582. The average Bonchev–Trinajstić information content (AvgIpc) is 2.55. The number of carboxylic acid groups (broad SMARTS) is 1. The van der Waals surface area contributed by atoms with E-state index in [0.717, 1.165) is 37.8 Å². The molecule has 0 spiro atoms. The zero-order chi connectivity index (χ0) is 15.5. The maximum absolute atomic E-state index is 12.6. The van der Waals surface area contributed by atoms with Crippen molar-refractivity contribution in [2.24, 2.45) is 11.8 Å². The van der Waals surface area contributed by atoms with Crippen molar-refractivity contribution in [3.05, 3.63) is 29.3 Å². The first-order valence-electron chi connectivity index (χ1n) is 8.31. The summed E-state index contributed by atoms with van der Waals surface area (Å²) in [6.45, 7) is 0. The molecule has 1 fully saturated rings. The van der Waals surface area contributed by atoms with Crippen LogP contribution in [-0.2, 0) is 22.4 Å². The van der Waals surface area contributed by atoms with E-state index in [4.69, 9.17) is 0 Å². The Morgan fingerprint density at radius 2 is 1.73 bits per heavy atom. The van der Waals surface area contributed by atoms with E-state index in [1.165, 1.54) is 17.5 Å². The Labute approximate surface area is 130 Å². The average molecular weight is 301 g/mol. The van der Waals surface area contributed by atoms with Crippen molar-refractivity contribution < 1.29 is 14.7 Å². The third-order valence-electron chi connectivity index (χ3n) is 5.07. The lowest BCUT2D eigenvalue weighted by atomic mass is 9.78. The largest absolute Gasteiger partial charge is 0.481 e. The first-order valence-corrected chi connectivity index (χ1v) is 8.31. The zero-order valence-corrected chi connectivity index (χ0v) is 12.8. The summed E-state index contributed by atoms with van der Waals surface area (Å²) in [5, 5.41) is 12.4. The van der Waals surface area contributed by atoms with E-state index < -0.39 is 17.8 Å². The van der Waals surface area contributed by atoms with Crippen molar-refractivity contribution in [1.82, 2.24) is 0 Å². The molecule has 0 bridgehead atoms. The molecule has 4 nitrogen and oxygen atoms in total. The number of aryl methyl sites for hydroxylation is 1. The van der Waals surface area contributed by atoms with E-state index in [1.807, 2.05) is 12.1 Å². The normalized spacial score (nSPS) is 24.4. The van der Waals surface area contributed by atoms with Crippen molar-refractivity contribution in [2.75, 3.05) is 5.32 Å². The second kappa shape index (κ2) is 6.51.